The van der Waals surface area contributed by atoms with Crippen LogP contribution in [0.2, 0.25) is 0 Å². The summed E-state index contributed by atoms with van der Waals surface area (Å²) in [6.45, 7) is 3.84. The van der Waals surface area contributed by atoms with Crippen molar-refractivity contribution in [2.75, 3.05) is 25.0 Å². The highest BCUT2D eigenvalue weighted by molar-refractivity contribution is 7.17. The van der Waals surface area contributed by atoms with Gasteiger partial charge in [-0.25, -0.2) is 14.4 Å². The highest BCUT2D eigenvalue weighted by atomic mass is 32.1. The first-order valence-electron chi connectivity index (χ1n) is 9.79. The summed E-state index contributed by atoms with van der Waals surface area (Å²) in [4.78, 5) is 12.3. The molecule has 146 valence electrons. The van der Waals surface area contributed by atoms with Crippen molar-refractivity contribution in [3.8, 4) is 11.1 Å². The average Bonchev–Trinajstić information content (AvgIpc) is 3.19. The number of fused-ring (bicyclic) bond motifs is 2. The van der Waals surface area contributed by atoms with Crippen LogP contribution in [0.5, 0.6) is 0 Å². The van der Waals surface area contributed by atoms with Gasteiger partial charge in [-0.3, -0.25) is 4.90 Å². The second-order valence-corrected chi connectivity index (χ2v) is 8.14. The highest BCUT2D eigenvalue weighted by Gasteiger charge is 2.16. The lowest BCUT2D eigenvalue weighted by molar-refractivity contribution is 0.264. The van der Waals surface area contributed by atoms with Crippen molar-refractivity contribution in [2.45, 2.75) is 13.0 Å². The molecule has 0 spiro atoms. The Morgan fingerprint density at radius 3 is 2.72 bits per heavy atom. The molecule has 2 aromatic heterocycles. The minimum absolute atomic E-state index is 0.231. The minimum atomic E-state index is -0.231. The molecule has 1 aliphatic rings. The Hall–Kier alpha value is -2.83. The molecule has 4 aromatic rings. The summed E-state index contributed by atoms with van der Waals surface area (Å²) in [5.41, 5.74) is 4.92. The average molecular weight is 405 g/mol. The van der Waals surface area contributed by atoms with E-state index in [1.165, 1.54) is 23.3 Å². The molecular weight excluding hydrogens is 383 g/mol. The highest BCUT2D eigenvalue weighted by Crippen LogP contribution is 2.36. The maximum absolute atomic E-state index is 13.3. The summed E-state index contributed by atoms with van der Waals surface area (Å²) >= 11 is 1.59. The quantitative estimate of drug-likeness (QED) is 0.510. The molecule has 0 unspecified atom stereocenters. The maximum Gasteiger partial charge on any atom is 0.138 e. The summed E-state index contributed by atoms with van der Waals surface area (Å²) in [6, 6.07) is 15.3. The van der Waals surface area contributed by atoms with Crippen LogP contribution in [0.15, 0.2) is 60.2 Å². The van der Waals surface area contributed by atoms with E-state index in [1.54, 1.807) is 29.8 Å². The molecule has 0 bridgehead atoms. The number of aromatic nitrogens is 2. The standard InChI is InChI=1S/C23H21FN4S/c24-19-7-5-17(6-8-19)20-14-29-23-21(20)22(26-15-27-23)25-10-12-28-11-9-16-3-1-2-4-18(16)13-28/h1-8,14-15H,9-13H2,(H,25,26,27). The predicted molar refractivity (Wildman–Crippen MR) is 117 cm³/mol. The molecular formula is C23H21FN4S. The number of nitrogens with one attached hydrogen (secondary N) is 1. The third-order valence-electron chi connectivity index (χ3n) is 5.46. The zero-order chi connectivity index (χ0) is 19.6. The first kappa shape index (κ1) is 18.2. The van der Waals surface area contributed by atoms with Crippen LogP contribution in [0.25, 0.3) is 21.3 Å². The van der Waals surface area contributed by atoms with Crippen molar-refractivity contribution >= 4 is 27.4 Å². The van der Waals surface area contributed by atoms with Crippen LogP contribution in [-0.2, 0) is 13.0 Å². The van der Waals surface area contributed by atoms with Crippen molar-refractivity contribution in [1.82, 2.24) is 14.9 Å². The van der Waals surface area contributed by atoms with E-state index in [1.807, 2.05) is 0 Å². The first-order chi connectivity index (χ1) is 14.3. The van der Waals surface area contributed by atoms with E-state index < -0.39 is 0 Å². The normalized spacial score (nSPS) is 14.1. The molecule has 0 aliphatic carbocycles. The summed E-state index contributed by atoms with van der Waals surface area (Å²) < 4.78 is 13.3. The summed E-state index contributed by atoms with van der Waals surface area (Å²) in [5, 5.41) is 6.58. The van der Waals surface area contributed by atoms with E-state index in [2.05, 4.69) is 49.8 Å². The van der Waals surface area contributed by atoms with E-state index in [0.717, 1.165) is 59.8 Å². The third-order valence-corrected chi connectivity index (χ3v) is 6.34. The molecule has 5 rings (SSSR count). The number of thiophene rings is 1. The molecule has 0 saturated heterocycles. The Balaban J connectivity index is 1.32. The number of halogens is 1. The molecule has 29 heavy (non-hydrogen) atoms. The first-order valence-corrected chi connectivity index (χ1v) is 10.7. The lowest BCUT2D eigenvalue weighted by Gasteiger charge is -2.28. The topological polar surface area (TPSA) is 41.1 Å². The van der Waals surface area contributed by atoms with Gasteiger partial charge in [0.1, 0.15) is 22.8 Å². The van der Waals surface area contributed by atoms with Crippen LogP contribution >= 0.6 is 11.3 Å². The van der Waals surface area contributed by atoms with Gasteiger partial charge in [-0.05, 0) is 35.2 Å². The Labute approximate surface area is 173 Å². The number of rotatable bonds is 5. The smallest absolute Gasteiger partial charge is 0.138 e. The van der Waals surface area contributed by atoms with Gasteiger partial charge in [-0.1, -0.05) is 36.4 Å². The van der Waals surface area contributed by atoms with Gasteiger partial charge >= 0.3 is 0 Å². The number of hydrogen-bond donors (Lipinski definition) is 1. The predicted octanol–water partition coefficient (Wildman–Crippen LogP) is 4.97. The number of benzene rings is 2. The fourth-order valence-corrected chi connectivity index (χ4v) is 4.84. The second kappa shape index (κ2) is 7.89. The van der Waals surface area contributed by atoms with Gasteiger partial charge < -0.3 is 5.32 Å². The van der Waals surface area contributed by atoms with E-state index >= 15 is 0 Å². The molecule has 0 atom stereocenters. The van der Waals surface area contributed by atoms with E-state index in [9.17, 15) is 4.39 Å². The molecule has 2 aromatic carbocycles. The van der Waals surface area contributed by atoms with Gasteiger partial charge in [-0.15, -0.1) is 11.3 Å². The minimum Gasteiger partial charge on any atom is -0.368 e. The summed E-state index contributed by atoms with van der Waals surface area (Å²) in [5.74, 6) is 0.610. The van der Waals surface area contributed by atoms with E-state index in [0.29, 0.717) is 0 Å². The molecule has 4 nitrogen and oxygen atoms in total. The molecule has 6 heteroatoms. The van der Waals surface area contributed by atoms with Gasteiger partial charge in [-0.2, -0.15) is 0 Å². The second-order valence-electron chi connectivity index (χ2n) is 7.28. The molecule has 1 aliphatic heterocycles. The molecule has 3 heterocycles. The zero-order valence-corrected chi connectivity index (χ0v) is 16.8. The fourth-order valence-electron chi connectivity index (χ4n) is 3.93. The molecule has 0 radical (unpaired) electrons. The maximum atomic E-state index is 13.3. The monoisotopic (exact) mass is 404 g/mol. The van der Waals surface area contributed by atoms with Gasteiger partial charge in [0.15, 0.2) is 0 Å². The Morgan fingerprint density at radius 2 is 1.86 bits per heavy atom. The lowest BCUT2D eigenvalue weighted by atomic mass is 10.00. The van der Waals surface area contributed by atoms with Crippen LogP contribution in [-0.4, -0.2) is 34.5 Å². The van der Waals surface area contributed by atoms with Crippen molar-refractivity contribution in [1.29, 1.82) is 0 Å². The largest absolute Gasteiger partial charge is 0.368 e. The van der Waals surface area contributed by atoms with Gasteiger partial charge in [0, 0.05) is 37.1 Å². The van der Waals surface area contributed by atoms with Crippen molar-refractivity contribution in [3.05, 3.63) is 77.2 Å². The van der Waals surface area contributed by atoms with Crippen molar-refractivity contribution < 1.29 is 4.39 Å². The van der Waals surface area contributed by atoms with Crippen LogP contribution in [0.1, 0.15) is 11.1 Å². The van der Waals surface area contributed by atoms with Crippen LogP contribution in [0.4, 0.5) is 10.2 Å². The van der Waals surface area contributed by atoms with Crippen LogP contribution in [0.3, 0.4) is 0 Å². The fraction of sp³-hybridized carbons (Fsp3) is 0.217. The molecule has 0 fully saturated rings. The molecule has 0 amide bonds. The molecule has 1 N–H and O–H groups in total. The van der Waals surface area contributed by atoms with E-state index in [4.69, 9.17) is 0 Å². The van der Waals surface area contributed by atoms with Gasteiger partial charge in [0.2, 0.25) is 0 Å². The number of nitrogens with zero attached hydrogens (tertiary/aromatic N) is 3. The number of anilines is 1. The van der Waals surface area contributed by atoms with Crippen molar-refractivity contribution in [3.63, 3.8) is 0 Å². The van der Waals surface area contributed by atoms with Crippen LogP contribution < -0.4 is 5.32 Å². The Bertz CT molecular complexity index is 1140. The van der Waals surface area contributed by atoms with Gasteiger partial charge in [0.25, 0.3) is 0 Å². The SMILES string of the molecule is Fc1ccc(-c2csc3ncnc(NCCN4CCc5ccccc5C4)c23)cc1. The Morgan fingerprint density at radius 1 is 1.03 bits per heavy atom. The third kappa shape index (κ3) is 3.73. The summed E-state index contributed by atoms with van der Waals surface area (Å²) in [6.07, 6.45) is 2.71. The van der Waals surface area contributed by atoms with Crippen LogP contribution in [0, 0.1) is 5.82 Å². The summed E-state index contributed by atoms with van der Waals surface area (Å²) in [7, 11) is 0. The van der Waals surface area contributed by atoms with E-state index in [-0.39, 0.29) is 5.82 Å². The molecule has 0 saturated carbocycles. The lowest BCUT2D eigenvalue weighted by Crippen LogP contribution is -2.34. The van der Waals surface area contributed by atoms with Gasteiger partial charge in [0.05, 0.1) is 5.39 Å². The zero-order valence-electron chi connectivity index (χ0n) is 15.9. The number of hydrogen-bond acceptors (Lipinski definition) is 5. The van der Waals surface area contributed by atoms with Crippen molar-refractivity contribution in [2.24, 2.45) is 0 Å². The Kier molecular flexibility index (Phi) is 4.96.